The van der Waals surface area contributed by atoms with E-state index in [0.29, 0.717) is 26.2 Å². The first-order valence-corrected chi connectivity index (χ1v) is 12.8. The van der Waals surface area contributed by atoms with E-state index in [1.807, 2.05) is 54.6 Å². The Kier molecular flexibility index (Phi) is 7.20. The highest BCUT2D eigenvalue weighted by Gasteiger charge is 2.37. The number of amides is 2. The molecule has 0 aromatic heterocycles. The SMILES string of the molecule is O=C(NCc1ccccc1COCc1ccccc1)C1=NN(C2CCS(=O)(=O)C2)C(=O)CC1. The quantitative estimate of drug-likeness (QED) is 0.638. The minimum Gasteiger partial charge on any atom is -0.372 e. The summed E-state index contributed by atoms with van der Waals surface area (Å²) in [5.41, 5.74) is 3.25. The summed E-state index contributed by atoms with van der Waals surface area (Å²) in [6.07, 6.45) is 0.734. The van der Waals surface area contributed by atoms with Gasteiger partial charge in [-0.25, -0.2) is 13.4 Å². The van der Waals surface area contributed by atoms with Crippen LogP contribution in [0, 0.1) is 0 Å². The number of hydrogen-bond acceptors (Lipinski definition) is 6. The molecule has 4 rings (SSSR count). The standard InChI is InChI=1S/C24H27N3O5S/c28-23-11-10-22(26-27(23)21-12-13-33(30,31)17-21)24(29)25-14-19-8-4-5-9-20(19)16-32-15-18-6-2-1-3-7-18/h1-9,21H,10-17H2,(H,25,29). The van der Waals surface area contributed by atoms with Crippen molar-refractivity contribution in [2.75, 3.05) is 11.5 Å². The van der Waals surface area contributed by atoms with Crippen molar-refractivity contribution in [2.45, 2.75) is 45.1 Å². The summed E-state index contributed by atoms with van der Waals surface area (Å²) in [6, 6.07) is 17.1. The molecule has 0 radical (unpaired) electrons. The maximum atomic E-state index is 12.7. The van der Waals surface area contributed by atoms with Crippen LogP contribution in [0.25, 0.3) is 0 Å². The number of nitrogens with one attached hydrogen (secondary N) is 1. The minimum atomic E-state index is -3.16. The number of ether oxygens (including phenoxy) is 1. The predicted molar refractivity (Wildman–Crippen MR) is 124 cm³/mol. The molecule has 2 aromatic rings. The van der Waals surface area contributed by atoms with E-state index in [4.69, 9.17) is 4.74 Å². The number of carbonyl (C=O) groups is 2. The van der Waals surface area contributed by atoms with Crippen LogP contribution in [0.15, 0.2) is 59.7 Å². The smallest absolute Gasteiger partial charge is 0.267 e. The van der Waals surface area contributed by atoms with Crippen molar-refractivity contribution in [2.24, 2.45) is 5.10 Å². The zero-order chi connectivity index (χ0) is 23.3. The zero-order valence-corrected chi connectivity index (χ0v) is 19.1. The third-order valence-electron chi connectivity index (χ3n) is 5.80. The normalized spacial score (nSPS) is 19.9. The summed E-state index contributed by atoms with van der Waals surface area (Å²) >= 11 is 0. The van der Waals surface area contributed by atoms with Crippen molar-refractivity contribution in [3.05, 3.63) is 71.3 Å². The molecule has 0 aliphatic carbocycles. The molecule has 2 aliphatic rings. The molecule has 8 nitrogen and oxygen atoms in total. The number of carbonyl (C=O) groups excluding carboxylic acids is 2. The van der Waals surface area contributed by atoms with E-state index < -0.39 is 15.9 Å². The van der Waals surface area contributed by atoms with Gasteiger partial charge in [-0.2, -0.15) is 5.10 Å². The number of hydrazone groups is 1. The highest BCUT2D eigenvalue weighted by atomic mass is 32.2. The van der Waals surface area contributed by atoms with Crippen molar-refractivity contribution in [3.63, 3.8) is 0 Å². The maximum Gasteiger partial charge on any atom is 0.267 e. The summed E-state index contributed by atoms with van der Waals surface area (Å²) in [7, 11) is -3.16. The Morgan fingerprint density at radius 3 is 2.48 bits per heavy atom. The topological polar surface area (TPSA) is 105 Å². The summed E-state index contributed by atoms with van der Waals surface area (Å²) in [5.74, 6) is -0.655. The van der Waals surface area contributed by atoms with Gasteiger partial charge in [0.05, 0.1) is 30.8 Å². The van der Waals surface area contributed by atoms with Crippen LogP contribution in [0.4, 0.5) is 0 Å². The molecule has 1 saturated heterocycles. The Morgan fingerprint density at radius 1 is 1.03 bits per heavy atom. The first kappa shape index (κ1) is 23.1. The Bertz CT molecular complexity index is 1150. The Hall–Kier alpha value is -3.04. The van der Waals surface area contributed by atoms with E-state index in [-0.39, 0.29) is 41.9 Å². The highest BCUT2D eigenvalue weighted by molar-refractivity contribution is 7.91. The first-order chi connectivity index (χ1) is 15.9. The second-order valence-corrected chi connectivity index (χ2v) is 10.5. The lowest BCUT2D eigenvalue weighted by Gasteiger charge is -2.27. The molecule has 9 heteroatoms. The zero-order valence-electron chi connectivity index (χ0n) is 18.3. The number of nitrogens with zero attached hydrogens (tertiary/aromatic N) is 2. The van der Waals surface area contributed by atoms with E-state index >= 15 is 0 Å². The molecule has 1 unspecified atom stereocenters. The van der Waals surface area contributed by atoms with Gasteiger partial charge in [0.1, 0.15) is 5.71 Å². The van der Waals surface area contributed by atoms with Crippen LogP contribution in [-0.2, 0) is 43.9 Å². The molecule has 1 fully saturated rings. The molecular formula is C24H27N3O5S. The van der Waals surface area contributed by atoms with Gasteiger partial charge in [-0.05, 0) is 23.1 Å². The molecule has 0 bridgehead atoms. The number of hydrogen-bond donors (Lipinski definition) is 1. The molecule has 33 heavy (non-hydrogen) atoms. The van der Waals surface area contributed by atoms with E-state index in [2.05, 4.69) is 10.4 Å². The fourth-order valence-electron chi connectivity index (χ4n) is 3.99. The van der Waals surface area contributed by atoms with E-state index in [9.17, 15) is 18.0 Å². The molecule has 2 aromatic carbocycles. The van der Waals surface area contributed by atoms with Crippen molar-refractivity contribution < 1.29 is 22.7 Å². The molecular weight excluding hydrogens is 442 g/mol. The molecule has 1 N–H and O–H groups in total. The summed E-state index contributed by atoms with van der Waals surface area (Å²) < 4.78 is 29.4. The molecule has 1 atom stereocenters. The van der Waals surface area contributed by atoms with Gasteiger partial charge in [0.15, 0.2) is 9.84 Å². The lowest BCUT2D eigenvalue weighted by Crippen LogP contribution is -2.43. The Balaban J connectivity index is 1.35. The van der Waals surface area contributed by atoms with Gasteiger partial charge in [-0.1, -0.05) is 54.6 Å². The van der Waals surface area contributed by atoms with Gasteiger partial charge >= 0.3 is 0 Å². The number of rotatable bonds is 8. The molecule has 0 saturated carbocycles. The van der Waals surface area contributed by atoms with Gasteiger partial charge in [0, 0.05) is 19.4 Å². The largest absolute Gasteiger partial charge is 0.372 e. The fraction of sp³-hybridized carbons (Fsp3) is 0.375. The lowest BCUT2D eigenvalue weighted by atomic mass is 10.1. The van der Waals surface area contributed by atoms with Gasteiger partial charge in [-0.15, -0.1) is 0 Å². The number of benzene rings is 2. The van der Waals surface area contributed by atoms with Crippen molar-refractivity contribution in [3.8, 4) is 0 Å². The number of sulfone groups is 1. The highest BCUT2D eigenvalue weighted by Crippen LogP contribution is 2.22. The van der Waals surface area contributed by atoms with Crippen LogP contribution in [0.5, 0.6) is 0 Å². The lowest BCUT2D eigenvalue weighted by molar-refractivity contribution is -0.133. The van der Waals surface area contributed by atoms with Crippen LogP contribution >= 0.6 is 0 Å². The third kappa shape index (κ3) is 6.06. The van der Waals surface area contributed by atoms with Crippen LogP contribution in [0.1, 0.15) is 36.0 Å². The Morgan fingerprint density at radius 2 is 1.76 bits per heavy atom. The summed E-state index contributed by atoms with van der Waals surface area (Å²) in [5, 5.41) is 8.31. The van der Waals surface area contributed by atoms with E-state index in [0.717, 1.165) is 16.7 Å². The maximum absolute atomic E-state index is 12.7. The third-order valence-corrected chi connectivity index (χ3v) is 7.55. The van der Waals surface area contributed by atoms with Crippen LogP contribution in [0.3, 0.4) is 0 Å². The summed E-state index contributed by atoms with van der Waals surface area (Å²) in [6.45, 7) is 1.22. The average Bonchev–Trinajstić information content (AvgIpc) is 3.18. The second kappa shape index (κ2) is 10.3. The second-order valence-electron chi connectivity index (χ2n) is 8.27. The van der Waals surface area contributed by atoms with Crippen molar-refractivity contribution in [1.29, 1.82) is 0 Å². The van der Waals surface area contributed by atoms with Gasteiger partial charge in [0.2, 0.25) is 5.91 Å². The fourth-order valence-corrected chi connectivity index (χ4v) is 5.68. The van der Waals surface area contributed by atoms with Crippen LogP contribution in [-0.4, -0.2) is 48.5 Å². The molecule has 2 heterocycles. The minimum absolute atomic E-state index is 0.0433. The van der Waals surface area contributed by atoms with Gasteiger partial charge in [0.25, 0.3) is 5.91 Å². The van der Waals surface area contributed by atoms with Crippen molar-refractivity contribution in [1.82, 2.24) is 10.3 Å². The predicted octanol–water partition coefficient (Wildman–Crippen LogP) is 2.19. The molecule has 174 valence electrons. The van der Waals surface area contributed by atoms with Crippen LogP contribution in [0.2, 0.25) is 0 Å². The molecule has 2 aliphatic heterocycles. The average molecular weight is 470 g/mol. The Labute approximate surface area is 193 Å². The van der Waals surface area contributed by atoms with E-state index in [1.165, 1.54) is 5.01 Å². The van der Waals surface area contributed by atoms with Gasteiger partial charge in [-0.3, -0.25) is 9.59 Å². The first-order valence-electron chi connectivity index (χ1n) is 11.0. The van der Waals surface area contributed by atoms with E-state index in [1.54, 1.807) is 0 Å². The van der Waals surface area contributed by atoms with Crippen molar-refractivity contribution >= 4 is 27.4 Å². The molecule has 0 spiro atoms. The monoisotopic (exact) mass is 469 g/mol. The van der Waals surface area contributed by atoms with Crippen LogP contribution < -0.4 is 5.32 Å². The molecule has 2 amide bonds. The van der Waals surface area contributed by atoms with Gasteiger partial charge < -0.3 is 10.1 Å². The summed E-state index contributed by atoms with van der Waals surface area (Å²) in [4.78, 5) is 25.0.